The van der Waals surface area contributed by atoms with E-state index < -0.39 is 52.2 Å². The monoisotopic (exact) mass is 357 g/mol. The summed E-state index contributed by atoms with van der Waals surface area (Å²) in [5, 5.41) is 10.9. The molecule has 0 aliphatic heterocycles. The van der Waals surface area contributed by atoms with Crippen LogP contribution in [0.15, 0.2) is 36.0 Å². The zero-order valence-corrected chi connectivity index (χ0v) is 12.1. The topological polar surface area (TPSA) is 66.4 Å². The third-order valence-electron chi connectivity index (χ3n) is 3.05. The lowest BCUT2D eigenvalue weighted by molar-refractivity contribution is -0.132. The zero-order chi connectivity index (χ0) is 18.7. The van der Waals surface area contributed by atoms with E-state index in [2.05, 4.69) is 0 Å². The fourth-order valence-corrected chi connectivity index (χ4v) is 1.83. The molecule has 0 saturated heterocycles. The quantitative estimate of drug-likeness (QED) is 0.382. The minimum Gasteiger partial charge on any atom is -0.477 e. The molecule has 4 nitrogen and oxygen atoms in total. The van der Waals surface area contributed by atoms with Gasteiger partial charge in [0.2, 0.25) is 5.82 Å². The standard InChI is InChI=1S/C16H8F5NO3/c17-10-8(11(18)13(20)14(21)12(10)19)6-9(16(24)25)22-15(23)7-4-2-1-3-5-7/h1-6H,(H,22,23)(H,24,25). The largest absolute Gasteiger partial charge is 0.477 e. The maximum Gasteiger partial charge on any atom is 0.352 e. The number of carbonyl (C=O) groups is 2. The summed E-state index contributed by atoms with van der Waals surface area (Å²) in [5.41, 5.74) is -2.54. The molecule has 2 N–H and O–H groups in total. The van der Waals surface area contributed by atoms with Crippen molar-refractivity contribution in [1.82, 2.24) is 5.32 Å². The summed E-state index contributed by atoms with van der Waals surface area (Å²) in [6.45, 7) is 0. The molecule has 1 amide bonds. The van der Waals surface area contributed by atoms with Crippen molar-refractivity contribution in [3.05, 3.63) is 76.2 Å². The maximum atomic E-state index is 13.6. The summed E-state index contributed by atoms with van der Waals surface area (Å²) in [4.78, 5) is 23.0. The first kappa shape index (κ1) is 18.1. The molecule has 0 spiro atoms. The highest BCUT2D eigenvalue weighted by Crippen LogP contribution is 2.24. The lowest BCUT2D eigenvalue weighted by atomic mass is 10.1. The van der Waals surface area contributed by atoms with Crippen molar-refractivity contribution in [2.45, 2.75) is 0 Å². The maximum absolute atomic E-state index is 13.6. The van der Waals surface area contributed by atoms with E-state index in [4.69, 9.17) is 5.11 Å². The smallest absolute Gasteiger partial charge is 0.352 e. The number of hydrogen-bond acceptors (Lipinski definition) is 2. The molecule has 2 aromatic rings. The van der Waals surface area contributed by atoms with E-state index in [0.717, 1.165) is 0 Å². The van der Waals surface area contributed by atoms with Crippen LogP contribution in [0.25, 0.3) is 6.08 Å². The van der Waals surface area contributed by atoms with Crippen LogP contribution in [-0.4, -0.2) is 17.0 Å². The minimum atomic E-state index is -2.38. The lowest BCUT2D eigenvalue weighted by Crippen LogP contribution is -2.27. The van der Waals surface area contributed by atoms with Gasteiger partial charge >= 0.3 is 5.97 Å². The molecule has 0 saturated carbocycles. The number of nitrogens with one attached hydrogen (secondary N) is 1. The van der Waals surface area contributed by atoms with Gasteiger partial charge in [-0.15, -0.1) is 0 Å². The fraction of sp³-hybridized carbons (Fsp3) is 0. The number of amides is 1. The van der Waals surface area contributed by atoms with E-state index in [1.54, 1.807) is 6.07 Å². The Kier molecular flexibility index (Phi) is 5.16. The van der Waals surface area contributed by atoms with Crippen LogP contribution in [0.3, 0.4) is 0 Å². The number of aliphatic carboxylic acids is 1. The highest BCUT2D eigenvalue weighted by atomic mass is 19.2. The average molecular weight is 357 g/mol. The van der Waals surface area contributed by atoms with Crippen LogP contribution < -0.4 is 5.32 Å². The van der Waals surface area contributed by atoms with Crippen LogP contribution in [-0.2, 0) is 4.79 Å². The van der Waals surface area contributed by atoms with Crippen molar-refractivity contribution < 1.29 is 36.6 Å². The van der Waals surface area contributed by atoms with Crippen LogP contribution in [0.2, 0.25) is 0 Å². The normalized spacial score (nSPS) is 11.3. The van der Waals surface area contributed by atoms with E-state index in [1.807, 2.05) is 5.32 Å². The van der Waals surface area contributed by atoms with Gasteiger partial charge in [-0.25, -0.2) is 26.7 Å². The van der Waals surface area contributed by atoms with Crippen molar-refractivity contribution in [1.29, 1.82) is 0 Å². The molecule has 0 aliphatic rings. The van der Waals surface area contributed by atoms with Crippen LogP contribution in [0.4, 0.5) is 22.0 Å². The van der Waals surface area contributed by atoms with Gasteiger partial charge in [-0.05, 0) is 18.2 Å². The molecular formula is C16H8F5NO3. The zero-order valence-electron chi connectivity index (χ0n) is 12.1. The van der Waals surface area contributed by atoms with Gasteiger partial charge in [0.15, 0.2) is 23.3 Å². The Labute approximate surface area is 137 Å². The predicted octanol–water partition coefficient (Wildman–Crippen LogP) is 3.24. The number of carboxylic acids is 1. The second kappa shape index (κ2) is 7.12. The summed E-state index contributed by atoms with van der Waals surface area (Å²) < 4.78 is 66.5. The molecule has 0 aromatic heterocycles. The second-order valence-electron chi connectivity index (χ2n) is 4.67. The summed E-state index contributed by atoms with van der Waals surface area (Å²) in [6, 6.07) is 7.19. The van der Waals surface area contributed by atoms with E-state index in [9.17, 15) is 31.5 Å². The van der Waals surface area contributed by atoms with Crippen LogP contribution in [0, 0.1) is 29.1 Å². The van der Waals surface area contributed by atoms with Crippen LogP contribution in [0.5, 0.6) is 0 Å². The van der Waals surface area contributed by atoms with Gasteiger partial charge in [0.25, 0.3) is 5.91 Å². The van der Waals surface area contributed by atoms with E-state index >= 15 is 0 Å². The molecule has 9 heteroatoms. The number of carboxylic acid groups (broad SMARTS) is 1. The van der Waals surface area contributed by atoms with Gasteiger partial charge < -0.3 is 10.4 Å². The van der Waals surface area contributed by atoms with Gasteiger partial charge in [0.1, 0.15) is 5.70 Å². The Balaban J connectivity index is 2.49. The molecule has 130 valence electrons. The molecule has 2 rings (SSSR count). The first-order valence-corrected chi connectivity index (χ1v) is 6.56. The number of rotatable bonds is 4. The van der Waals surface area contributed by atoms with Crippen molar-refractivity contribution in [3.8, 4) is 0 Å². The second-order valence-corrected chi connectivity index (χ2v) is 4.67. The Morgan fingerprint density at radius 3 is 1.80 bits per heavy atom. The number of carbonyl (C=O) groups excluding carboxylic acids is 1. The Morgan fingerprint density at radius 1 is 0.840 bits per heavy atom. The predicted molar refractivity (Wildman–Crippen MR) is 75.8 cm³/mol. The molecule has 0 heterocycles. The molecule has 0 aliphatic carbocycles. The van der Waals surface area contributed by atoms with Crippen LogP contribution in [0.1, 0.15) is 15.9 Å². The minimum absolute atomic E-state index is 0.0204. The first-order valence-electron chi connectivity index (χ1n) is 6.56. The van der Waals surface area contributed by atoms with E-state index in [-0.39, 0.29) is 11.6 Å². The summed E-state index contributed by atoms with van der Waals surface area (Å²) >= 11 is 0. The van der Waals surface area contributed by atoms with Crippen LogP contribution >= 0.6 is 0 Å². The Bertz CT molecular complexity index is 852. The third kappa shape index (κ3) is 3.65. The molecular weight excluding hydrogens is 349 g/mol. The Hall–Kier alpha value is -3.23. The average Bonchev–Trinajstić information content (AvgIpc) is 2.61. The third-order valence-corrected chi connectivity index (χ3v) is 3.05. The van der Waals surface area contributed by atoms with E-state index in [1.165, 1.54) is 24.3 Å². The number of hydrogen-bond donors (Lipinski definition) is 2. The highest BCUT2D eigenvalue weighted by Gasteiger charge is 2.26. The van der Waals surface area contributed by atoms with Gasteiger partial charge in [-0.2, -0.15) is 0 Å². The van der Waals surface area contributed by atoms with Gasteiger partial charge in [0, 0.05) is 5.56 Å². The summed E-state index contributed by atoms with van der Waals surface area (Å²) in [7, 11) is 0. The molecule has 0 fully saturated rings. The summed E-state index contributed by atoms with van der Waals surface area (Å²) in [5.74, 6) is -14.1. The van der Waals surface area contributed by atoms with Crippen molar-refractivity contribution in [2.75, 3.05) is 0 Å². The van der Waals surface area contributed by atoms with Crippen molar-refractivity contribution in [3.63, 3.8) is 0 Å². The van der Waals surface area contributed by atoms with Crippen molar-refractivity contribution >= 4 is 18.0 Å². The van der Waals surface area contributed by atoms with Crippen molar-refractivity contribution in [2.24, 2.45) is 0 Å². The molecule has 0 bridgehead atoms. The molecule has 2 aromatic carbocycles. The molecule has 0 radical (unpaired) electrons. The SMILES string of the molecule is O=C(O)C(=Cc1c(F)c(F)c(F)c(F)c1F)NC(=O)c1ccccc1. The van der Waals surface area contributed by atoms with E-state index in [0.29, 0.717) is 0 Å². The number of halogens is 5. The fourth-order valence-electron chi connectivity index (χ4n) is 1.83. The number of benzene rings is 2. The highest BCUT2D eigenvalue weighted by molar-refractivity contribution is 6.02. The molecule has 25 heavy (non-hydrogen) atoms. The summed E-state index contributed by atoms with van der Waals surface area (Å²) in [6.07, 6.45) is 0.152. The Morgan fingerprint density at radius 2 is 1.32 bits per heavy atom. The lowest BCUT2D eigenvalue weighted by Gasteiger charge is -2.08. The van der Waals surface area contributed by atoms with Gasteiger partial charge in [-0.3, -0.25) is 4.79 Å². The molecule has 0 unspecified atom stereocenters. The molecule has 0 atom stereocenters. The van der Waals surface area contributed by atoms with Gasteiger partial charge in [0.05, 0.1) is 5.56 Å². The first-order chi connectivity index (χ1) is 11.7. The van der Waals surface area contributed by atoms with Gasteiger partial charge in [-0.1, -0.05) is 18.2 Å².